The highest BCUT2D eigenvalue weighted by atomic mass is 35.5. The van der Waals surface area contributed by atoms with Gasteiger partial charge in [0.25, 0.3) is 0 Å². The summed E-state index contributed by atoms with van der Waals surface area (Å²) in [6.45, 7) is 3.00. The molecule has 1 atom stereocenters. The number of hydrogen-bond acceptors (Lipinski definition) is 1. The van der Waals surface area contributed by atoms with Gasteiger partial charge in [-0.15, -0.1) is 0 Å². The van der Waals surface area contributed by atoms with Gasteiger partial charge in [-0.2, -0.15) is 0 Å². The second kappa shape index (κ2) is 10.4. The van der Waals surface area contributed by atoms with Crippen molar-refractivity contribution in [3.05, 3.63) is 126 Å². The van der Waals surface area contributed by atoms with E-state index in [0.29, 0.717) is 10.1 Å². The maximum atomic E-state index is 14.4. The lowest BCUT2D eigenvalue weighted by Gasteiger charge is -2.16. The van der Waals surface area contributed by atoms with Gasteiger partial charge >= 0.3 is 0 Å². The zero-order valence-electron chi connectivity index (χ0n) is 19.7. The topological polar surface area (TPSA) is 34.0 Å². The number of nitrogens with zero attached hydrogens (tertiary/aromatic N) is 1. The molecule has 4 aromatic carbocycles. The summed E-state index contributed by atoms with van der Waals surface area (Å²) in [4.78, 5) is 0. The molecule has 36 heavy (non-hydrogen) atoms. The summed E-state index contributed by atoms with van der Waals surface area (Å²) in [7, 11) is -3.37. The van der Waals surface area contributed by atoms with Gasteiger partial charge in [-0.1, -0.05) is 102 Å². The van der Waals surface area contributed by atoms with Crippen LogP contribution in [0.4, 0.5) is 5.69 Å². The van der Waals surface area contributed by atoms with Gasteiger partial charge in [0.1, 0.15) is 0 Å². The van der Waals surface area contributed by atoms with Crippen LogP contribution in [-0.2, 0) is 11.1 Å². The van der Waals surface area contributed by atoms with Crippen LogP contribution in [0.5, 0.6) is 0 Å². The van der Waals surface area contributed by atoms with E-state index in [-0.39, 0.29) is 0 Å². The average molecular weight is 531 g/mol. The van der Waals surface area contributed by atoms with Crippen LogP contribution in [0.2, 0.25) is 0 Å². The van der Waals surface area contributed by atoms with Gasteiger partial charge in [-0.25, -0.2) is 0 Å². The zero-order chi connectivity index (χ0) is 25.1. The van der Waals surface area contributed by atoms with E-state index in [1.165, 1.54) is 5.52 Å². The van der Waals surface area contributed by atoms with Crippen LogP contribution < -0.4 is 5.09 Å². The summed E-state index contributed by atoms with van der Waals surface area (Å²) in [5, 5.41) is 6.30. The minimum absolute atomic E-state index is 0.392. The van der Waals surface area contributed by atoms with E-state index in [0.717, 1.165) is 39.6 Å². The maximum absolute atomic E-state index is 14.4. The lowest BCUT2D eigenvalue weighted by molar-refractivity contribution is 0.589. The first-order valence-electron chi connectivity index (χ1n) is 11.7. The van der Waals surface area contributed by atoms with E-state index in [1.807, 2.05) is 84.9 Å². The van der Waals surface area contributed by atoms with Gasteiger partial charge < -0.3 is 9.65 Å². The summed E-state index contributed by atoms with van der Waals surface area (Å²) in [5.41, 5.74) is 4.61. The van der Waals surface area contributed by atoms with Crippen LogP contribution >= 0.6 is 30.5 Å². The Hall–Kier alpha value is -3.23. The number of aryl methyl sites for hydroxylation is 1. The number of nitrogens with one attached hydrogen (secondary N) is 1. The lowest BCUT2D eigenvalue weighted by atomic mass is 10.1. The highest BCUT2D eigenvalue weighted by molar-refractivity contribution is 7.72. The molecule has 180 valence electrons. The molecule has 5 aromatic rings. The molecule has 0 aliphatic carbocycles. The molecule has 5 rings (SSSR count). The lowest BCUT2D eigenvalue weighted by Crippen LogP contribution is -1.95. The van der Waals surface area contributed by atoms with Crippen molar-refractivity contribution >= 4 is 68.1 Å². The van der Waals surface area contributed by atoms with Crippen LogP contribution in [0, 0.1) is 0 Å². The second-order valence-corrected chi connectivity index (χ2v) is 11.5. The zero-order valence-corrected chi connectivity index (χ0v) is 22.1. The van der Waals surface area contributed by atoms with Crippen LogP contribution in [0.25, 0.3) is 31.9 Å². The van der Waals surface area contributed by atoms with Crippen molar-refractivity contribution in [2.75, 3.05) is 5.09 Å². The number of aromatic nitrogens is 1. The third-order valence-corrected chi connectivity index (χ3v) is 8.95. The Kier molecular flexibility index (Phi) is 7.07. The minimum atomic E-state index is -3.37. The average Bonchev–Trinajstić information content (AvgIpc) is 3.22. The summed E-state index contributed by atoms with van der Waals surface area (Å²) in [6.07, 6.45) is 0. The Morgan fingerprint density at radius 1 is 0.750 bits per heavy atom. The van der Waals surface area contributed by atoms with E-state index in [9.17, 15) is 4.57 Å². The number of anilines is 1. The van der Waals surface area contributed by atoms with Crippen LogP contribution in [0.3, 0.4) is 0 Å². The standard InChI is InChI=1S/C30H25Cl2N2OP/c1-2-34-29-16-10-9-15-25(29)26-19-24(17-18-30(26)34)33-36(35,20-27(31)22-11-5-3-6-12-22)21-28(32)23-13-7-4-8-14-23/h3-21H,2H2,1H3,(H,33,35)/b27-20-,28-21?. The number of fused-ring (bicyclic) bond motifs is 3. The van der Waals surface area contributed by atoms with Gasteiger partial charge in [0.2, 0.25) is 7.29 Å². The number of para-hydroxylation sites is 1. The molecule has 6 heteroatoms. The Morgan fingerprint density at radius 3 is 1.86 bits per heavy atom. The van der Waals surface area contributed by atoms with E-state index in [2.05, 4.69) is 34.8 Å². The molecule has 0 aliphatic rings. The highest BCUT2D eigenvalue weighted by Crippen LogP contribution is 2.54. The molecule has 0 aliphatic heterocycles. The molecule has 1 heterocycles. The third kappa shape index (κ3) is 5.01. The molecule has 1 aromatic heterocycles. The normalized spacial score (nSPS) is 14.2. The van der Waals surface area contributed by atoms with Crippen molar-refractivity contribution in [3.63, 3.8) is 0 Å². The monoisotopic (exact) mass is 530 g/mol. The van der Waals surface area contributed by atoms with Gasteiger partial charge in [-0.3, -0.25) is 4.57 Å². The van der Waals surface area contributed by atoms with Gasteiger partial charge in [0.15, 0.2) is 0 Å². The van der Waals surface area contributed by atoms with Crippen molar-refractivity contribution in [2.45, 2.75) is 13.5 Å². The highest BCUT2D eigenvalue weighted by Gasteiger charge is 2.20. The Labute approximate surface area is 221 Å². The van der Waals surface area contributed by atoms with Crippen molar-refractivity contribution in [2.24, 2.45) is 0 Å². The fourth-order valence-corrected chi connectivity index (χ4v) is 7.29. The third-order valence-electron chi connectivity index (χ3n) is 6.10. The number of benzene rings is 4. The molecule has 0 spiro atoms. The van der Waals surface area contributed by atoms with Crippen molar-refractivity contribution in [1.29, 1.82) is 0 Å². The maximum Gasteiger partial charge on any atom is 0.216 e. The fourth-order valence-electron chi connectivity index (χ4n) is 4.45. The molecule has 0 amide bonds. The molecule has 0 saturated carbocycles. The van der Waals surface area contributed by atoms with Crippen LogP contribution in [-0.4, -0.2) is 4.57 Å². The Balaban J connectivity index is 1.61. The molecule has 1 unspecified atom stereocenters. The Morgan fingerprint density at radius 2 is 1.28 bits per heavy atom. The second-order valence-electron chi connectivity index (χ2n) is 8.50. The predicted octanol–water partition coefficient (Wildman–Crippen LogP) is 9.98. The predicted molar refractivity (Wildman–Crippen MR) is 157 cm³/mol. The molecule has 3 nitrogen and oxygen atoms in total. The van der Waals surface area contributed by atoms with E-state index >= 15 is 0 Å². The summed E-state index contributed by atoms with van der Waals surface area (Å²) in [5.74, 6) is 3.16. The molecule has 0 radical (unpaired) electrons. The summed E-state index contributed by atoms with van der Waals surface area (Å²) in [6, 6.07) is 33.4. The summed E-state index contributed by atoms with van der Waals surface area (Å²) < 4.78 is 16.7. The molecule has 0 saturated heterocycles. The minimum Gasteiger partial charge on any atom is -0.341 e. The van der Waals surface area contributed by atoms with Crippen molar-refractivity contribution in [1.82, 2.24) is 4.57 Å². The van der Waals surface area contributed by atoms with Crippen molar-refractivity contribution in [3.8, 4) is 0 Å². The van der Waals surface area contributed by atoms with E-state index < -0.39 is 7.29 Å². The fraction of sp³-hybridized carbons (Fsp3) is 0.0667. The van der Waals surface area contributed by atoms with Gasteiger partial charge in [0.05, 0.1) is 10.1 Å². The number of halogens is 2. The Bertz CT molecular complexity index is 1580. The van der Waals surface area contributed by atoms with Crippen molar-refractivity contribution < 1.29 is 4.57 Å². The summed E-state index contributed by atoms with van der Waals surface area (Å²) >= 11 is 13.3. The molecular weight excluding hydrogens is 506 g/mol. The number of rotatable bonds is 7. The van der Waals surface area contributed by atoms with E-state index in [1.54, 1.807) is 11.6 Å². The van der Waals surface area contributed by atoms with E-state index in [4.69, 9.17) is 23.2 Å². The smallest absolute Gasteiger partial charge is 0.216 e. The van der Waals surface area contributed by atoms with Crippen LogP contribution in [0.15, 0.2) is 115 Å². The molecule has 1 N–H and O–H groups in total. The molecule has 0 bridgehead atoms. The molecule has 0 fully saturated rings. The van der Waals surface area contributed by atoms with Crippen LogP contribution in [0.1, 0.15) is 18.1 Å². The first-order valence-corrected chi connectivity index (χ1v) is 14.3. The SMILES string of the molecule is CCn1c2ccccc2c2cc(NP(=O)(C=C(Cl)c3ccccc3)/C=C(\Cl)c3ccccc3)ccc21. The largest absolute Gasteiger partial charge is 0.341 e. The first kappa shape index (κ1) is 24.5. The number of hydrogen-bond donors (Lipinski definition) is 1. The quantitative estimate of drug-likeness (QED) is 0.212. The molecular formula is C30H25Cl2N2OP. The first-order chi connectivity index (χ1) is 17.5. The van der Waals surface area contributed by atoms with Gasteiger partial charge in [-0.05, 0) is 42.3 Å². The van der Waals surface area contributed by atoms with Gasteiger partial charge in [0, 0.05) is 45.7 Å².